The van der Waals surface area contributed by atoms with Gasteiger partial charge in [0.1, 0.15) is 5.52 Å². The summed E-state index contributed by atoms with van der Waals surface area (Å²) >= 11 is 11.1. The van der Waals surface area contributed by atoms with Crippen LogP contribution in [0.1, 0.15) is 5.56 Å². The number of halogens is 2. The lowest BCUT2D eigenvalue weighted by atomic mass is 10.1. The molecule has 0 amide bonds. The van der Waals surface area contributed by atoms with Gasteiger partial charge in [-0.3, -0.25) is 5.43 Å². The average Bonchev–Trinajstić information content (AvgIpc) is 3.45. The first-order valence-electron chi connectivity index (χ1n) is 9.74. The van der Waals surface area contributed by atoms with E-state index in [9.17, 15) is 0 Å². The molecule has 0 aliphatic carbocycles. The Labute approximate surface area is 201 Å². The Kier molecular flexibility index (Phi) is 5.98. The van der Waals surface area contributed by atoms with Gasteiger partial charge < -0.3 is 0 Å². The molecule has 0 unspecified atom stereocenters. The molecule has 6 nitrogen and oxygen atoms in total. The van der Waals surface area contributed by atoms with Crippen molar-refractivity contribution in [2.24, 2.45) is 5.10 Å². The lowest BCUT2D eigenvalue weighted by Crippen LogP contribution is -2.15. The summed E-state index contributed by atoms with van der Waals surface area (Å²) in [7, 11) is 0. The molecular formula is C23H16BrClN6S. The van der Waals surface area contributed by atoms with Crippen LogP contribution in [0.15, 0.2) is 87.8 Å². The molecule has 0 bridgehead atoms. The summed E-state index contributed by atoms with van der Waals surface area (Å²) in [6.07, 6.45) is 0. The van der Waals surface area contributed by atoms with Gasteiger partial charge in [0.2, 0.25) is 5.13 Å². The average molecular weight is 524 g/mol. The first-order valence-corrected chi connectivity index (χ1v) is 11.8. The van der Waals surface area contributed by atoms with Crippen LogP contribution in [0.25, 0.3) is 22.3 Å². The van der Waals surface area contributed by atoms with Crippen molar-refractivity contribution < 1.29 is 0 Å². The van der Waals surface area contributed by atoms with Crippen molar-refractivity contribution in [2.45, 2.75) is 6.54 Å². The number of thiazole rings is 1. The maximum absolute atomic E-state index is 6.11. The maximum atomic E-state index is 6.11. The van der Waals surface area contributed by atoms with Crippen molar-refractivity contribution in [3.8, 4) is 11.3 Å². The number of nitrogens with zero attached hydrogens (tertiary/aromatic N) is 5. The number of anilines is 1. The number of nitrogens with one attached hydrogen (secondary N) is 1. The van der Waals surface area contributed by atoms with E-state index in [1.165, 1.54) is 11.3 Å². The van der Waals surface area contributed by atoms with Crippen molar-refractivity contribution in [3.05, 3.63) is 93.2 Å². The minimum Gasteiger partial charge on any atom is -0.252 e. The van der Waals surface area contributed by atoms with Crippen LogP contribution in [0.5, 0.6) is 0 Å². The molecule has 0 aliphatic rings. The Morgan fingerprint density at radius 2 is 1.91 bits per heavy atom. The summed E-state index contributed by atoms with van der Waals surface area (Å²) in [5, 5.41) is 16.6. The monoisotopic (exact) mass is 522 g/mol. The van der Waals surface area contributed by atoms with E-state index in [-0.39, 0.29) is 0 Å². The van der Waals surface area contributed by atoms with Gasteiger partial charge in [-0.05, 0) is 42.0 Å². The second kappa shape index (κ2) is 9.20. The molecule has 5 rings (SSSR count). The molecule has 0 saturated heterocycles. The molecule has 158 valence electrons. The number of benzene rings is 3. The quantitative estimate of drug-likeness (QED) is 0.204. The van der Waals surface area contributed by atoms with E-state index in [0.29, 0.717) is 16.7 Å². The highest BCUT2D eigenvalue weighted by Gasteiger charge is 2.11. The SMILES string of the molecule is Clc1cccc(-c2csc(N/N=C(/Cn3nnc4ccccc43)c3ccc(Br)cc3)n2)c1. The standard InChI is InChI=1S/C23H16BrClN6S/c24-17-10-8-15(9-11-17)20(13-31-22-7-2-1-6-19(22)28-30-31)27-29-23-26-21(14-32-23)16-4-3-5-18(25)12-16/h1-12,14H,13H2,(H,26,29)/b27-20-. The van der Waals surface area contributed by atoms with Crippen LogP contribution in [-0.2, 0) is 6.54 Å². The summed E-state index contributed by atoms with van der Waals surface area (Å²) in [6.45, 7) is 0.460. The van der Waals surface area contributed by atoms with Crippen molar-refractivity contribution in [1.29, 1.82) is 0 Å². The molecular weight excluding hydrogens is 508 g/mol. The first-order chi connectivity index (χ1) is 15.7. The zero-order valence-electron chi connectivity index (χ0n) is 16.6. The number of hydrogen-bond donors (Lipinski definition) is 1. The van der Waals surface area contributed by atoms with E-state index in [1.807, 2.05) is 82.9 Å². The second-order valence-corrected chi connectivity index (χ2v) is 9.17. The molecule has 0 saturated carbocycles. The molecule has 1 N–H and O–H groups in total. The van der Waals surface area contributed by atoms with Crippen molar-refractivity contribution in [1.82, 2.24) is 20.0 Å². The lowest BCUT2D eigenvalue weighted by Gasteiger charge is -2.08. The highest BCUT2D eigenvalue weighted by Crippen LogP contribution is 2.27. The molecule has 2 aromatic heterocycles. The molecule has 0 atom stereocenters. The summed E-state index contributed by atoms with van der Waals surface area (Å²) in [6, 6.07) is 23.5. The fraction of sp³-hybridized carbons (Fsp3) is 0.0435. The Morgan fingerprint density at radius 3 is 2.75 bits per heavy atom. The van der Waals surface area contributed by atoms with E-state index >= 15 is 0 Å². The minimum atomic E-state index is 0.460. The predicted molar refractivity (Wildman–Crippen MR) is 134 cm³/mol. The first kappa shape index (κ1) is 20.8. The fourth-order valence-corrected chi connectivity index (χ4v) is 4.35. The third-order valence-corrected chi connectivity index (χ3v) is 6.32. The Morgan fingerprint density at radius 1 is 1.06 bits per heavy atom. The molecule has 3 aromatic carbocycles. The van der Waals surface area contributed by atoms with Gasteiger partial charge in [-0.15, -0.1) is 16.4 Å². The highest BCUT2D eigenvalue weighted by molar-refractivity contribution is 9.10. The van der Waals surface area contributed by atoms with E-state index < -0.39 is 0 Å². The van der Waals surface area contributed by atoms with Gasteiger partial charge in [0.05, 0.1) is 23.5 Å². The van der Waals surface area contributed by atoms with Crippen LogP contribution in [-0.4, -0.2) is 25.7 Å². The molecule has 32 heavy (non-hydrogen) atoms. The maximum Gasteiger partial charge on any atom is 0.203 e. The zero-order valence-corrected chi connectivity index (χ0v) is 19.8. The molecule has 9 heteroatoms. The molecule has 5 aromatic rings. The Bertz CT molecular complexity index is 1410. The van der Waals surface area contributed by atoms with Gasteiger partial charge in [-0.25, -0.2) is 9.67 Å². The molecule has 2 heterocycles. The van der Waals surface area contributed by atoms with Gasteiger partial charge >= 0.3 is 0 Å². The van der Waals surface area contributed by atoms with Crippen LogP contribution in [0, 0.1) is 0 Å². The van der Waals surface area contributed by atoms with Gasteiger partial charge in [-0.1, -0.05) is 69.1 Å². The van der Waals surface area contributed by atoms with Crippen LogP contribution in [0.4, 0.5) is 5.13 Å². The van der Waals surface area contributed by atoms with Crippen LogP contribution < -0.4 is 5.43 Å². The van der Waals surface area contributed by atoms with E-state index in [1.54, 1.807) is 0 Å². The number of fused-ring (bicyclic) bond motifs is 1. The zero-order chi connectivity index (χ0) is 21.9. The normalized spacial score (nSPS) is 11.8. The smallest absolute Gasteiger partial charge is 0.203 e. The van der Waals surface area contributed by atoms with Crippen LogP contribution >= 0.6 is 38.9 Å². The molecule has 0 fully saturated rings. The second-order valence-electron chi connectivity index (χ2n) is 6.96. The summed E-state index contributed by atoms with van der Waals surface area (Å²) in [5.74, 6) is 0. The van der Waals surface area contributed by atoms with Gasteiger partial charge in [-0.2, -0.15) is 5.10 Å². The highest BCUT2D eigenvalue weighted by atomic mass is 79.9. The van der Waals surface area contributed by atoms with Crippen molar-refractivity contribution >= 4 is 60.7 Å². The third kappa shape index (κ3) is 4.57. The van der Waals surface area contributed by atoms with E-state index in [2.05, 4.69) is 41.8 Å². The predicted octanol–water partition coefficient (Wildman–Crippen LogP) is 6.49. The van der Waals surface area contributed by atoms with Gasteiger partial charge in [0.25, 0.3) is 0 Å². The van der Waals surface area contributed by atoms with Crippen molar-refractivity contribution in [3.63, 3.8) is 0 Å². The van der Waals surface area contributed by atoms with E-state index in [4.69, 9.17) is 11.6 Å². The molecule has 0 spiro atoms. The largest absolute Gasteiger partial charge is 0.252 e. The topological polar surface area (TPSA) is 68.0 Å². The van der Waals surface area contributed by atoms with Crippen molar-refractivity contribution in [2.75, 3.05) is 5.43 Å². The summed E-state index contributed by atoms with van der Waals surface area (Å²) in [5.41, 5.74) is 8.52. The third-order valence-electron chi connectivity index (χ3n) is 4.81. The minimum absolute atomic E-state index is 0.460. The van der Waals surface area contributed by atoms with E-state index in [0.717, 1.165) is 38.0 Å². The lowest BCUT2D eigenvalue weighted by molar-refractivity contribution is 0.700. The van der Waals surface area contributed by atoms with Crippen LogP contribution in [0.2, 0.25) is 5.02 Å². The number of rotatable bonds is 6. The fourth-order valence-electron chi connectivity index (χ4n) is 3.23. The Hall–Kier alpha value is -3.07. The van der Waals surface area contributed by atoms with Gasteiger partial charge in [0.15, 0.2) is 0 Å². The molecule has 0 radical (unpaired) electrons. The summed E-state index contributed by atoms with van der Waals surface area (Å²) < 4.78 is 2.85. The number of hydrogen-bond acceptors (Lipinski definition) is 6. The number of aromatic nitrogens is 4. The van der Waals surface area contributed by atoms with Crippen LogP contribution in [0.3, 0.4) is 0 Å². The summed E-state index contributed by atoms with van der Waals surface area (Å²) in [4.78, 5) is 4.65. The Balaban J connectivity index is 1.44. The molecule has 0 aliphatic heterocycles. The van der Waals surface area contributed by atoms with Gasteiger partial charge in [0, 0.05) is 20.4 Å². The number of para-hydroxylation sites is 1. The number of hydrazone groups is 1.